The first-order valence-corrected chi connectivity index (χ1v) is 8.53. The first-order chi connectivity index (χ1) is 12.2. The highest BCUT2D eigenvalue weighted by Gasteiger charge is 2.14. The summed E-state index contributed by atoms with van der Waals surface area (Å²) >= 11 is 0. The second-order valence-electron chi connectivity index (χ2n) is 6.16. The molecule has 2 aromatic carbocycles. The van der Waals surface area contributed by atoms with Crippen molar-refractivity contribution >= 4 is 11.6 Å². The van der Waals surface area contributed by atoms with Crippen molar-refractivity contribution in [3.63, 3.8) is 0 Å². The molecular formula is C20H24N3O2+. The molecule has 0 radical (unpaired) electrons. The zero-order chi connectivity index (χ0) is 17.5. The Morgan fingerprint density at radius 3 is 2.32 bits per heavy atom. The molecule has 0 atom stereocenters. The zero-order valence-corrected chi connectivity index (χ0v) is 14.3. The lowest BCUT2D eigenvalue weighted by atomic mass is 10.1. The lowest BCUT2D eigenvalue weighted by Gasteiger charge is -2.23. The quantitative estimate of drug-likeness (QED) is 0.689. The molecule has 1 aliphatic heterocycles. The second kappa shape index (κ2) is 8.46. The molecule has 0 aliphatic carbocycles. The molecule has 1 fully saturated rings. The predicted octanol–water partition coefficient (Wildman–Crippen LogP) is 1.01. The number of carbonyl (C=O) groups excluding carboxylic acids is 1. The minimum absolute atomic E-state index is 0.178. The van der Waals surface area contributed by atoms with Crippen LogP contribution in [0.4, 0.5) is 0 Å². The zero-order valence-electron chi connectivity index (χ0n) is 14.3. The first kappa shape index (κ1) is 17.2. The molecule has 2 aromatic rings. The average Bonchev–Trinajstić information content (AvgIpc) is 2.68. The van der Waals surface area contributed by atoms with Crippen molar-refractivity contribution in [3.8, 4) is 0 Å². The van der Waals surface area contributed by atoms with Crippen LogP contribution in [-0.4, -0.2) is 32.2 Å². The number of amides is 1. The summed E-state index contributed by atoms with van der Waals surface area (Å²) in [6.45, 7) is 8.62. The molecule has 3 rings (SSSR count). The van der Waals surface area contributed by atoms with Crippen LogP contribution >= 0.6 is 0 Å². The molecule has 1 saturated heterocycles. The van der Waals surface area contributed by atoms with E-state index >= 15 is 0 Å². The van der Waals surface area contributed by atoms with Gasteiger partial charge in [0.1, 0.15) is 19.6 Å². The molecule has 0 bridgehead atoms. The number of nitrogens with one attached hydrogen (secondary N) is 3. The van der Waals surface area contributed by atoms with Crippen LogP contribution in [-0.2, 0) is 11.3 Å². The number of quaternary nitrogens is 1. The van der Waals surface area contributed by atoms with Gasteiger partial charge in [-0.25, -0.2) is 0 Å². The fourth-order valence-corrected chi connectivity index (χ4v) is 2.82. The molecule has 5 heteroatoms. The van der Waals surface area contributed by atoms with E-state index in [1.54, 1.807) is 0 Å². The van der Waals surface area contributed by atoms with Crippen LogP contribution in [0.5, 0.6) is 0 Å². The van der Waals surface area contributed by atoms with Gasteiger partial charge in [-0.3, -0.25) is 15.6 Å². The molecule has 0 spiro atoms. The van der Waals surface area contributed by atoms with Crippen LogP contribution < -0.4 is 15.8 Å². The largest absolute Gasteiger partial charge is 0.370 e. The molecule has 25 heavy (non-hydrogen) atoms. The lowest BCUT2D eigenvalue weighted by molar-refractivity contribution is -0.921. The summed E-state index contributed by atoms with van der Waals surface area (Å²) < 4.78 is 5.38. The molecule has 1 aliphatic rings. The van der Waals surface area contributed by atoms with Gasteiger partial charge in [-0.1, -0.05) is 49.0 Å². The third-order valence-electron chi connectivity index (χ3n) is 4.32. The van der Waals surface area contributed by atoms with Crippen molar-refractivity contribution in [1.29, 1.82) is 0 Å². The maximum Gasteiger partial charge on any atom is 0.269 e. The Kier molecular flexibility index (Phi) is 5.82. The lowest BCUT2D eigenvalue weighted by Crippen LogP contribution is -3.12. The maximum absolute atomic E-state index is 12.2. The summed E-state index contributed by atoms with van der Waals surface area (Å²) in [5.74, 6) is -0.178. The van der Waals surface area contributed by atoms with E-state index in [4.69, 9.17) is 4.74 Å². The van der Waals surface area contributed by atoms with Crippen molar-refractivity contribution in [2.24, 2.45) is 0 Å². The number of hydrazine groups is 1. The monoisotopic (exact) mass is 338 g/mol. The summed E-state index contributed by atoms with van der Waals surface area (Å²) in [7, 11) is 0. The van der Waals surface area contributed by atoms with Crippen LogP contribution in [0.25, 0.3) is 5.70 Å². The summed E-state index contributed by atoms with van der Waals surface area (Å²) in [6, 6.07) is 17.4. The Hall–Kier alpha value is -2.63. The number of ether oxygens (including phenoxy) is 1. The van der Waals surface area contributed by atoms with Gasteiger partial charge in [0, 0.05) is 11.1 Å². The number of morpholine rings is 1. The second-order valence-corrected chi connectivity index (χ2v) is 6.16. The van der Waals surface area contributed by atoms with Crippen LogP contribution in [0.15, 0.2) is 61.2 Å². The predicted molar refractivity (Wildman–Crippen MR) is 97.7 cm³/mol. The molecule has 5 nitrogen and oxygen atoms in total. The van der Waals surface area contributed by atoms with Crippen molar-refractivity contribution in [1.82, 2.24) is 10.9 Å². The minimum atomic E-state index is -0.178. The van der Waals surface area contributed by atoms with Crippen molar-refractivity contribution < 1.29 is 14.4 Å². The summed E-state index contributed by atoms with van der Waals surface area (Å²) in [4.78, 5) is 13.8. The Morgan fingerprint density at radius 2 is 1.64 bits per heavy atom. The van der Waals surface area contributed by atoms with Crippen LogP contribution in [0, 0.1) is 0 Å². The van der Waals surface area contributed by atoms with Gasteiger partial charge in [-0.05, 0) is 17.7 Å². The Bertz CT molecular complexity index is 707. The van der Waals surface area contributed by atoms with E-state index in [1.165, 1.54) is 10.5 Å². The van der Waals surface area contributed by atoms with Crippen molar-refractivity contribution in [2.45, 2.75) is 6.54 Å². The normalized spacial score (nSPS) is 14.7. The number of benzene rings is 2. The Balaban J connectivity index is 1.51. The van der Waals surface area contributed by atoms with Gasteiger partial charge in [0.2, 0.25) is 0 Å². The fraction of sp³-hybridized carbons (Fsp3) is 0.250. The van der Waals surface area contributed by atoms with Gasteiger partial charge in [0.25, 0.3) is 5.91 Å². The third-order valence-corrected chi connectivity index (χ3v) is 4.32. The highest BCUT2D eigenvalue weighted by atomic mass is 16.5. The van der Waals surface area contributed by atoms with Gasteiger partial charge in [-0.15, -0.1) is 0 Å². The van der Waals surface area contributed by atoms with Crippen LogP contribution in [0.1, 0.15) is 21.5 Å². The number of hydrogen-bond acceptors (Lipinski definition) is 3. The van der Waals surface area contributed by atoms with Gasteiger partial charge < -0.3 is 9.64 Å². The number of hydrogen-bond donors (Lipinski definition) is 3. The van der Waals surface area contributed by atoms with E-state index in [2.05, 4.69) is 17.4 Å². The van der Waals surface area contributed by atoms with E-state index in [-0.39, 0.29) is 5.91 Å². The molecule has 130 valence electrons. The maximum atomic E-state index is 12.2. The molecule has 0 aromatic heterocycles. The highest BCUT2D eigenvalue weighted by Crippen LogP contribution is 2.08. The molecule has 1 heterocycles. The van der Waals surface area contributed by atoms with E-state index in [0.29, 0.717) is 11.3 Å². The molecule has 0 unspecified atom stereocenters. The topological polar surface area (TPSA) is 54.8 Å². The van der Waals surface area contributed by atoms with Crippen molar-refractivity contribution in [3.05, 3.63) is 77.9 Å². The van der Waals surface area contributed by atoms with E-state index in [0.717, 1.165) is 38.4 Å². The van der Waals surface area contributed by atoms with Crippen LogP contribution in [0.3, 0.4) is 0 Å². The molecule has 3 N–H and O–H groups in total. The van der Waals surface area contributed by atoms with Gasteiger partial charge in [0.05, 0.1) is 18.9 Å². The van der Waals surface area contributed by atoms with E-state index in [9.17, 15) is 4.79 Å². The smallest absolute Gasteiger partial charge is 0.269 e. The summed E-state index contributed by atoms with van der Waals surface area (Å²) in [5.41, 5.74) is 9.00. The average molecular weight is 338 g/mol. The van der Waals surface area contributed by atoms with Gasteiger partial charge in [0.15, 0.2) is 0 Å². The standard InChI is InChI=1S/C20H23N3O2/c1-16(18-5-3-2-4-6-18)21-22-20(24)19-9-7-17(8-10-19)15-23-11-13-25-14-12-23/h2-10,21H,1,11-15H2,(H,22,24)/p+1. The summed E-state index contributed by atoms with van der Waals surface area (Å²) in [5, 5.41) is 0. The van der Waals surface area contributed by atoms with E-state index in [1.807, 2.05) is 54.6 Å². The molecular weight excluding hydrogens is 314 g/mol. The summed E-state index contributed by atoms with van der Waals surface area (Å²) in [6.07, 6.45) is 0. The van der Waals surface area contributed by atoms with Gasteiger partial charge in [-0.2, -0.15) is 0 Å². The SMILES string of the molecule is C=C(NNC(=O)c1ccc(C[NH+]2CCOCC2)cc1)c1ccccc1. The van der Waals surface area contributed by atoms with Crippen molar-refractivity contribution in [2.75, 3.05) is 26.3 Å². The first-order valence-electron chi connectivity index (χ1n) is 8.53. The third kappa shape index (κ3) is 4.92. The minimum Gasteiger partial charge on any atom is -0.370 e. The fourth-order valence-electron chi connectivity index (χ4n) is 2.82. The number of rotatable bonds is 6. The molecule has 1 amide bonds. The Labute approximate surface area is 148 Å². The van der Waals surface area contributed by atoms with Gasteiger partial charge >= 0.3 is 0 Å². The highest BCUT2D eigenvalue weighted by molar-refractivity contribution is 5.94. The van der Waals surface area contributed by atoms with Crippen LogP contribution in [0.2, 0.25) is 0 Å². The number of carbonyl (C=O) groups is 1. The molecule has 0 saturated carbocycles. The van der Waals surface area contributed by atoms with E-state index < -0.39 is 0 Å². The Morgan fingerprint density at radius 1 is 0.960 bits per heavy atom.